The van der Waals surface area contributed by atoms with E-state index in [9.17, 15) is 4.91 Å². The van der Waals surface area contributed by atoms with Crippen LogP contribution in [0, 0.1) is 4.91 Å². The summed E-state index contributed by atoms with van der Waals surface area (Å²) < 4.78 is 0. The van der Waals surface area contributed by atoms with Crippen LogP contribution in [0.25, 0.3) is 0 Å². The number of rotatable bonds is 5. The number of nitroso groups, excluding NO2 is 1. The molecule has 0 radical (unpaired) electrons. The van der Waals surface area contributed by atoms with E-state index in [0.717, 1.165) is 31.5 Å². The number of hydrogen-bond donors (Lipinski definition) is 1. The van der Waals surface area contributed by atoms with Gasteiger partial charge in [-0.05, 0) is 23.6 Å². The normalized spacial score (nSPS) is 14.2. The SMILES string of the molecule is O=Nc1c(NCc2ccccc2)ncnc1N1CCCC1. The van der Waals surface area contributed by atoms with Crippen LogP contribution in [-0.2, 0) is 6.54 Å². The van der Waals surface area contributed by atoms with Crippen LogP contribution in [-0.4, -0.2) is 23.1 Å². The molecule has 0 aliphatic carbocycles. The van der Waals surface area contributed by atoms with Crippen molar-refractivity contribution in [2.45, 2.75) is 19.4 Å². The molecule has 6 nitrogen and oxygen atoms in total. The van der Waals surface area contributed by atoms with Gasteiger partial charge in [-0.2, -0.15) is 0 Å². The Morgan fingerprint density at radius 3 is 2.62 bits per heavy atom. The monoisotopic (exact) mass is 283 g/mol. The van der Waals surface area contributed by atoms with Crippen molar-refractivity contribution in [3.05, 3.63) is 47.1 Å². The van der Waals surface area contributed by atoms with Crippen molar-refractivity contribution in [2.24, 2.45) is 5.18 Å². The molecule has 0 unspecified atom stereocenters. The summed E-state index contributed by atoms with van der Waals surface area (Å²) in [6.07, 6.45) is 3.72. The highest BCUT2D eigenvalue weighted by Gasteiger charge is 2.20. The van der Waals surface area contributed by atoms with E-state index in [4.69, 9.17) is 0 Å². The van der Waals surface area contributed by atoms with Crippen LogP contribution in [0.1, 0.15) is 18.4 Å². The van der Waals surface area contributed by atoms with Gasteiger partial charge in [-0.15, -0.1) is 4.91 Å². The summed E-state index contributed by atoms with van der Waals surface area (Å²) in [7, 11) is 0. The van der Waals surface area contributed by atoms with Crippen molar-refractivity contribution in [1.82, 2.24) is 9.97 Å². The maximum atomic E-state index is 11.2. The average Bonchev–Trinajstić information content (AvgIpc) is 3.07. The highest BCUT2D eigenvalue weighted by molar-refractivity contribution is 5.74. The molecule has 2 aromatic rings. The number of benzene rings is 1. The summed E-state index contributed by atoms with van der Waals surface area (Å²) in [5.41, 5.74) is 1.42. The third-order valence-electron chi connectivity index (χ3n) is 3.60. The van der Waals surface area contributed by atoms with Crippen molar-refractivity contribution in [3.63, 3.8) is 0 Å². The molecule has 1 fully saturated rings. The van der Waals surface area contributed by atoms with Crippen LogP contribution in [0.2, 0.25) is 0 Å². The second-order valence-corrected chi connectivity index (χ2v) is 5.02. The average molecular weight is 283 g/mol. The fourth-order valence-electron chi connectivity index (χ4n) is 2.52. The van der Waals surface area contributed by atoms with E-state index >= 15 is 0 Å². The quantitative estimate of drug-likeness (QED) is 0.854. The lowest BCUT2D eigenvalue weighted by atomic mass is 10.2. The highest BCUT2D eigenvalue weighted by atomic mass is 16.3. The molecule has 0 saturated carbocycles. The molecule has 21 heavy (non-hydrogen) atoms. The Bertz CT molecular complexity index is 611. The molecule has 108 valence electrons. The van der Waals surface area contributed by atoms with Gasteiger partial charge in [0.05, 0.1) is 0 Å². The third-order valence-corrected chi connectivity index (χ3v) is 3.60. The molecule has 1 aromatic heterocycles. The van der Waals surface area contributed by atoms with Crippen LogP contribution in [0.15, 0.2) is 41.8 Å². The number of aromatic nitrogens is 2. The standard InChI is InChI=1S/C15H17N5O/c21-19-13-14(16-10-12-6-2-1-3-7-12)17-11-18-15(13)20-8-4-5-9-20/h1-3,6-7,11H,4-5,8-10H2,(H,16,17,18). The summed E-state index contributed by atoms with van der Waals surface area (Å²) >= 11 is 0. The minimum absolute atomic E-state index is 0.301. The van der Waals surface area contributed by atoms with E-state index in [0.29, 0.717) is 23.9 Å². The summed E-state index contributed by atoms with van der Waals surface area (Å²) in [5, 5.41) is 6.32. The lowest BCUT2D eigenvalue weighted by Crippen LogP contribution is -2.19. The summed E-state index contributed by atoms with van der Waals surface area (Å²) in [6.45, 7) is 2.43. The van der Waals surface area contributed by atoms with Crippen molar-refractivity contribution in [3.8, 4) is 0 Å². The summed E-state index contributed by atoms with van der Waals surface area (Å²) in [5.74, 6) is 1.12. The number of hydrogen-bond acceptors (Lipinski definition) is 6. The van der Waals surface area contributed by atoms with Gasteiger partial charge in [-0.25, -0.2) is 9.97 Å². The molecular formula is C15H17N5O. The van der Waals surface area contributed by atoms with Crippen molar-refractivity contribution in [1.29, 1.82) is 0 Å². The molecule has 1 aliphatic heterocycles. The van der Waals surface area contributed by atoms with Crippen molar-refractivity contribution < 1.29 is 0 Å². The molecule has 0 atom stereocenters. The van der Waals surface area contributed by atoms with Crippen LogP contribution in [0.3, 0.4) is 0 Å². The van der Waals surface area contributed by atoms with Gasteiger partial charge in [0.15, 0.2) is 17.3 Å². The van der Waals surface area contributed by atoms with Crippen LogP contribution in [0.4, 0.5) is 17.3 Å². The first-order valence-electron chi connectivity index (χ1n) is 7.09. The molecule has 6 heteroatoms. The van der Waals surface area contributed by atoms with E-state index < -0.39 is 0 Å². The second-order valence-electron chi connectivity index (χ2n) is 5.02. The van der Waals surface area contributed by atoms with E-state index in [-0.39, 0.29) is 0 Å². The first-order valence-corrected chi connectivity index (χ1v) is 7.09. The fraction of sp³-hybridized carbons (Fsp3) is 0.333. The Morgan fingerprint density at radius 1 is 1.14 bits per heavy atom. The molecule has 1 aliphatic rings. The maximum Gasteiger partial charge on any atom is 0.192 e. The first kappa shape index (κ1) is 13.5. The van der Waals surface area contributed by atoms with E-state index in [1.807, 2.05) is 30.3 Å². The zero-order valence-electron chi connectivity index (χ0n) is 11.7. The summed E-state index contributed by atoms with van der Waals surface area (Å²) in [6, 6.07) is 9.96. The molecule has 3 rings (SSSR count). The summed E-state index contributed by atoms with van der Waals surface area (Å²) in [4.78, 5) is 21.7. The second kappa shape index (κ2) is 6.30. The van der Waals surface area contributed by atoms with Gasteiger partial charge in [0.2, 0.25) is 0 Å². The topological polar surface area (TPSA) is 70.5 Å². The zero-order chi connectivity index (χ0) is 14.5. The smallest absolute Gasteiger partial charge is 0.192 e. The lowest BCUT2D eigenvalue weighted by molar-refractivity contribution is 0.924. The van der Waals surface area contributed by atoms with Gasteiger partial charge >= 0.3 is 0 Å². The lowest BCUT2D eigenvalue weighted by Gasteiger charge is -2.18. The van der Waals surface area contributed by atoms with Gasteiger partial charge in [0, 0.05) is 19.6 Å². The van der Waals surface area contributed by atoms with Gasteiger partial charge in [-0.1, -0.05) is 30.3 Å². The van der Waals surface area contributed by atoms with Crippen LogP contribution in [0.5, 0.6) is 0 Å². The molecule has 2 heterocycles. The minimum atomic E-state index is 0.301. The molecule has 0 bridgehead atoms. The van der Waals surface area contributed by atoms with Gasteiger partial charge in [0.25, 0.3) is 0 Å². The predicted octanol–water partition coefficient (Wildman–Crippen LogP) is 3.09. The predicted molar refractivity (Wildman–Crippen MR) is 82.7 cm³/mol. The minimum Gasteiger partial charge on any atom is -0.364 e. The highest BCUT2D eigenvalue weighted by Crippen LogP contribution is 2.34. The van der Waals surface area contributed by atoms with Gasteiger partial charge in [0.1, 0.15) is 6.33 Å². The van der Waals surface area contributed by atoms with E-state index in [1.54, 1.807) is 0 Å². The Morgan fingerprint density at radius 2 is 1.90 bits per heavy atom. The van der Waals surface area contributed by atoms with Crippen molar-refractivity contribution >= 4 is 17.3 Å². The van der Waals surface area contributed by atoms with E-state index in [2.05, 4.69) is 25.4 Å². The van der Waals surface area contributed by atoms with Crippen LogP contribution >= 0.6 is 0 Å². The third kappa shape index (κ3) is 2.99. The Kier molecular flexibility index (Phi) is 4.04. The largest absolute Gasteiger partial charge is 0.364 e. The molecule has 1 N–H and O–H groups in total. The first-order chi connectivity index (χ1) is 10.4. The molecular weight excluding hydrogens is 266 g/mol. The Labute approximate surface area is 123 Å². The molecule has 1 aromatic carbocycles. The Balaban J connectivity index is 1.81. The number of nitrogens with zero attached hydrogens (tertiary/aromatic N) is 4. The molecule has 0 amide bonds. The molecule has 1 saturated heterocycles. The fourth-order valence-corrected chi connectivity index (χ4v) is 2.52. The van der Waals surface area contributed by atoms with Gasteiger partial charge < -0.3 is 10.2 Å². The number of nitrogens with one attached hydrogen (secondary N) is 1. The van der Waals surface area contributed by atoms with E-state index in [1.165, 1.54) is 6.33 Å². The number of anilines is 2. The molecule has 0 spiro atoms. The van der Waals surface area contributed by atoms with Gasteiger partial charge in [-0.3, -0.25) is 0 Å². The zero-order valence-corrected chi connectivity index (χ0v) is 11.7. The Hall–Kier alpha value is -2.50. The van der Waals surface area contributed by atoms with Crippen molar-refractivity contribution in [2.75, 3.05) is 23.3 Å². The maximum absolute atomic E-state index is 11.2. The van der Waals surface area contributed by atoms with Crippen LogP contribution < -0.4 is 10.2 Å².